The van der Waals surface area contributed by atoms with E-state index in [0.717, 1.165) is 0 Å². The largest absolute Gasteiger partial charge is 0.344 e. The molecule has 11 heavy (non-hydrogen) atoms. The Morgan fingerprint density at radius 3 is 1.45 bits per heavy atom. The third-order valence-electron chi connectivity index (χ3n) is 0.940. The van der Waals surface area contributed by atoms with E-state index in [9.17, 15) is 0 Å². The summed E-state index contributed by atoms with van der Waals surface area (Å²) in [5.74, 6) is 0. The molecule has 1 heteroatoms. The van der Waals surface area contributed by atoms with E-state index in [1.54, 1.807) is 0 Å². The van der Waals surface area contributed by atoms with Crippen LogP contribution in [0.5, 0.6) is 0 Å². The number of hydrogen-bond donors (Lipinski definition) is 1. The van der Waals surface area contributed by atoms with E-state index in [0.29, 0.717) is 0 Å². The second-order valence-electron chi connectivity index (χ2n) is 1.65. The Kier molecular flexibility index (Phi) is 24.3. The molecule has 0 saturated carbocycles. The van der Waals surface area contributed by atoms with Crippen LogP contribution < -0.4 is 6.15 Å². The van der Waals surface area contributed by atoms with Gasteiger partial charge in [0.15, 0.2) is 0 Å². The van der Waals surface area contributed by atoms with Gasteiger partial charge in [0.2, 0.25) is 0 Å². The summed E-state index contributed by atoms with van der Waals surface area (Å²) >= 11 is 0. The predicted octanol–water partition coefficient (Wildman–Crippen LogP) is 4.31. The lowest BCUT2D eigenvalue weighted by molar-refractivity contribution is 1.48. The molecule has 1 aromatic rings. The Morgan fingerprint density at radius 2 is 1.27 bits per heavy atom. The van der Waals surface area contributed by atoms with Gasteiger partial charge in [-0.15, -0.1) is 0 Å². The second-order valence-corrected chi connectivity index (χ2v) is 1.65. The van der Waals surface area contributed by atoms with Crippen LogP contribution in [-0.4, -0.2) is 0 Å². The van der Waals surface area contributed by atoms with Crippen LogP contribution in [0.15, 0.2) is 30.3 Å². The zero-order chi connectivity index (χ0) is 5.11. The molecule has 0 radical (unpaired) electrons. The van der Waals surface area contributed by atoms with E-state index in [-0.39, 0.29) is 29.9 Å². The number of aryl methyl sites for hydroxylation is 1. The smallest absolute Gasteiger partial charge is 0 e. The number of benzene rings is 1. The highest BCUT2D eigenvalue weighted by molar-refractivity contribution is 5.11. The summed E-state index contributed by atoms with van der Waals surface area (Å²) in [6.07, 6.45) is 0. The first kappa shape index (κ1) is 22.5. The first-order valence-electron chi connectivity index (χ1n) is 2.41. The zero-order valence-electron chi connectivity index (χ0n) is 5.09. The lowest BCUT2D eigenvalue weighted by atomic mass is 10.2. The van der Waals surface area contributed by atoms with Gasteiger partial charge in [-0.2, -0.15) is 0 Å². The van der Waals surface area contributed by atoms with Crippen LogP contribution in [0, 0.1) is 6.92 Å². The molecule has 3 N–H and O–H groups in total. The molecular formula is C10H25N. The molecule has 0 bridgehead atoms. The van der Waals surface area contributed by atoms with E-state index < -0.39 is 0 Å². The maximum absolute atomic E-state index is 2.08. The second kappa shape index (κ2) is 11.9. The van der Waals surface area contributed by atoms with Crippen molar-refractivity contribution in [2.75, 3.05) is 0 Å². The minimum Gasteiger partial charge on any atom is -0.344 e. The first-order valence-corrected chi connectivity index (χ1v) is 2.41. The molecule has 0 aliphatic rings. The van der Waals surface area contributed by atoms with Crippen LogP contribution in [0.2, 0.25) is 0 Å². The topological polar surface area (TPSA) is 35.0 Å². The summed E-state index contributed by atoms with van der Waals surface area (Å²) in [4.78, 5) is 0. The van der Waals surface area contributed by atoms with E-state index in [1.165, 1.54) is 5.56 Å². The lowest BCUT2D eigenvalue weighted by Crippen LogP contribution is -1.62. The fourth-order valence-corrected chi connectivity index (χ4v) is 0.534. The SMILES string of the molecule is C.C.C.Cc1ccccc1.N.[HH]. The van der Waals surface area contributed by atoms with Gasteiger partial charge in [-0.05, 0) is 6.92 Å². The Morgan fingerprint density at radius 1 is 0.909 bits per heavy atom. The van der Waals surface area contributed by atoms with Gasteiger partial charge >= 0.3 is 0 Å². The van der Waals surface area contributed by atoms with Crippen LogP contribution in [0.25, 0.3) is 0 Å². The highest BCUT2D eigenvalue weighted by Gasteiger charge is 1.72. The number of rotatable bonds is 0. The summed E-state index contributed by atoms with van der Waals surface area (Å²) in [6, 6.07) is 10.3. The van der Waals surface area contributed by atoms with Crippen molar-refractivity contribution in [2.24, 2.45) is 0 Å². The molecule has 0 aliphatic carbocycles. The van der Waals surface area contributed by atoms with Crippen molar-refractivity contribution in [3.05, 3.63) is 35.9 Å². The van der Waals surface area contributed by atoms with Gasteiger partial charge in [-0.3, -0.25) is 0 Å². The molecule has 1 nitrogen and oxygen atoms in total. The molecule has 1 rings (SSSR count). The molecule has 70 valence electrons. The van der Waals surface area contributed by atoms with Crippen molar-refractivity contribution in [3.63, 3.8) is 0 Å². The average Bonchev–Trinajstić information content (AvgIpc) is 1.69. The molecule has 0 aliphatic heterocycles. The third kappa shape index (κ3) is 9.18. The minimum atomic E-state index is 0. The Bertz CT molecular complexity index is 140. The average molecular weight is 159 g/mol. The van der Waals surface area contributed by atoms with Crippen molar-refractivity contribution in [1.82, 2.24) is 6.15 Å². The monoisotopic (exact) mass is 159 g/mol. The summed E-state index contributed by atoms with van der Waals surface area (Å²) in [5.41, 5.74) is 1.32. The quantitative estimate of drug-likeness (QED) is 0.601. The normalized spacial score (nSPS) is 5.55. The van der Waals surface area contributed by atoms with Crippen LogP contribution in [0.1, 0.15) is 29.3 Å². The Hall–Kier alpha value is -0.820. The van der Waals surface area contributed by atoms with Crippen LogP contribution >= 0.6 is 0 Å². The summed E-state index contributed by atoms with van der Waals surface area (Å²) in [5, 5.41) is 0. The summed E-state index contributed by atoms with van der Waals surface area (Å²) in [6.45, 7) is 2.08. The van der Waals surface area contributed by atoms with Gasteiger partial charge in [0, 0.05) is 1.43 Å². The van der Waals surface area contributed by atoms with Gasteiger partial charge in [0.25, 0.3) is 0 Å². The first-order chi connectivity index (χ1) is 3.39. The maximum Gasteiger partial charge on any atom is 0 e. The highest BCUT2D eigenvalue weighted by atomic mass is 14.0. The Balaban J connectivity index is -0.0000000327. The number of hydrogen-bond acceptors (Lipinski definition) is 1. The van der Waals surface area contributed by atoms with E-state index in [1.807, 2.05) is 18.2 Å². The molecule has 0 unspecified atom stereocenters. The van der Waals surface area contributed by atoms with Gasteiger partial charge < -0.3 is 6.15 Å². The maximum atomic E-state index is 2.08. The van der Waals surface area contributed by atoms with Crippen molar-refractivity contribution in [2.45, 2.75) is 29.2 Å². The van der Waals surface area contributed by atoms with Gasteiger partial charge in [0.05, 0.1) is 0 Å². The van der Waals surface area contributed by atoms with Gasteiger partial charge in [-0.25, -0.2) is 0 Å². The summed E-state index contributed by atoms with van der Waals surface area (Å²) < 4.78 is 0. The molecule has 0 amide bonds. The zero-order valence-corrected chi connectivity index (χ0v) is 5.09. The molecule has 0 saturated heterocycles. The molecule has 0 aromatic heterocycles. The lowest BCUT2D eigenvalue weighted by Gasteiger charge is -1.82. The fraction of sp³-hybridized carbons (Fsp3) is 0.400. The van der Waals surface area contributed by atoms with Crippen molar-refractivity contribution >= 4 is 0 Å². The van der Waals surface area contributed by atoms with Crippen molar-refractivity contribution in [3.8, 4) is 0 Å². The van der Waals surface area contributed by atoms with Crippen molar-refractivity contribution < 1.29 is 1.43 Å². The van der Waals surface area contributed by atoms with E-state index >= 15 is 0 Å². The molecule has 0 atom stereocenters. The van der Waals surface area contributed by atoms with Crippen LogP contribution in [0.3, 0.4) is 0 Å². The fourth-order valence-electron chi connectivity index (χ4n) is 0.534. The Labute approximate surface area is 73.5 Å². The standard InChI is InChI=1S/C7H8.3CH4.H3N.H2/c1-7-5-3-2-4-6-7;;;;;/h2-6H,1H3;3*1H4;1H3;1H. The van der Waals surface area contributed by atoms with Crippen LogP contribution in [-0.2, 0) is 0 Å². The molecule has 0 spiro atoms. The van der Waals surface area contributed by atoms with E-state index in [2.05, 4.69) is 19.1 Å². The van der Waals surface area contributed by atoms with Gasteiger partial charge in [0.1, 0.15) is 0 Å². The highest BCUT2D eigenvalue weighted by Crippen LogP contribution is 1.92. The molecule has 1 aromatic carbocycles. The molecule has 0 fully saturated rings. The van der Waals surface area contributed by atoms with E-state index in [4.69, 9.17) is 0 Å². The van der Waals surface area contributed by atoms with Gasteiger partial charge in [-0.1, -0.05) is 58.2 Å². The minimum absolute atomic E-state index is 0. The van der Waals surface area contributed by atoms with Crippen molar-refractivity contribution in [1.29, 1.82) is 0 Å². The predicted molar refractivity (Wildman–Crippen MR) is 58.5 cm³/mol. The molecular weight excluding hydrogens is 134 g/mol. The van der Waals surface area contributed by atoms with Crippen LogP contribution in [0.4, 0.5) is 0 Å². The summed E-state index contributed by atoms with van der Waals surface area (Å²) in [7, 11) is 0. The molecule has 0 heterocycles. The third-order valence-corrected chi connectivity index (χ3v) is 0.940.